The summed E-state index contributed by atoms with van der Waals surface area (Å²) in [6.07, 6.45) is 5.78. The average molecular weight is 912 g/mol. The highest BCUT2D eigenvalue weighted by atomic mass is 16.2. The lowest BCUT2D eigenvalue weighted by atomic mass is 9.99. The largest absolute Gasteiger partial charge is 0.370 e. The maximum absolute atomic E-state index is 14.9. The Labute approximate surface area is 382 Å². The van der Waals surface area contributed by atoms with Gasteiger partial charge in [0.15, 0.2) is 5.96 Å². The van der Waals surface area contributed by atoms with E-state index >= 15 is 0 Å². The molecule has 4 aromatic rings. The Kier molecular flexibility index (Phi) is 20.0. The number of imidazole rings is 1. The number of primary amides is 1. The number of aromatic nitrogens is 3. The number of para-hydroxylation sites is 1. The molecule has 7 amide bonds. The smallest absolute Gasteiger partial charge is 0.252 e. The summed E-state index contributed by atoms with van der Waals surface area (Å²) in [5, 5.41) is 11.5. The molecule has 4 rings (SSSR count). The van der Waals surface area contributed by atoms with Crippen LogP contribution >= 0.6 is 0 Å². The number of H-pyrrole nitrogens is 2. The van der Waals surface area contributed by atoms with Gasteiger partial charge in [-0.2, -0.15) is 0 Å². The number of fused-ring (bicyclic) bond motifs is 1. The van der Waals surface area contributed by atoms with Crippen LogP contribution in [0.1, 0.15) is 75.6 Å². The van der Waals surface area contributed by atoms with Gasteiger partial charge in [-0.15, -0.1) is 0 Å². The van der Waals surface area contributed by atoms with Crippen molar-refractivity contribution in [3.63, 3.8) is 0 Å². The van der Waals surface area contributed by atoms with Gasteiger partial charge in [0.25, 0.3) is 5.91 Å². The van der Waals surface area contributed by atoms with Crippen LogP contribution in [0.15, 0.2) is 78.3 Å². The van der Waals surface area contributed by atoms with Crippen molar-refractivity contribution in [3.05, 3.63) is 90.1 Å². The standard InChI is InChI=1S/C45H61N13O8/c1-3-4-16-38(43(65)54-30(25-59)17-18-39(47)61)58(27(2)60)44(66)37(21-29-23-52-34-14-9-8-13-32(29)34)57-41(63)35(15-10-19-51-45(48)49)55-42(64)36(20-28-11-6-5-7-12-28)56-40(62)33(46)22-31-24-50-26-53-31/h5-9,11-14,23-26,30,33,35-38,52H,3-4,10,15-22,46H2,1-2H3,(H2,47,61)(H,50,53)(H,54,65)(H,55,64)(H,56,62)(H,57,63)(H4,48,49,51)/t30-,33-,35-,36+,37+,38-/m0/s1. The molecule has 0 fully saturated rings. The Morgan fingerprint density at radius 2 is 1.45 bits per heavy atom. The van der Waals surface area contributed by atoms with E-state index in [0.717, 1.165) is 22.7 Å². The van der Waals surface area contributed by atoms with E-state index in [9.17, 15) is 38.4 Å². The molecule has 2 aromatic carbocycles. The number of rotatable bonds is 27. The van der Waals surface area contributed by atoms with Crippen LogP contribution in [0.25, 0.3) is 10.9 Å². The minimum atomic E-state index is -1.51. The zero-order valence-electron chi connectivity index (χ0n) is 37.2. The normalized spacial score (nSPS) is 13.7. The van der Waals surface area contributed by atoms with Gasteiger partial charge in [0.2, 0.25) is 35.4 Å². The number of nitrogens with one attached hydrogen (secondary N) is 6. The highest BCUT2D eigenvalue weighted by molar-refractivity contribution is 6.04. The maximum atomic E-state index is 14.9. The third-order valence-electron chi connectivity index (χ3n) is 10.8. The number of benzene rings is 2. The fourth-order valence-corrected chi connectivity index (χ4v) is 7.32. The van der Waals surface area contributed by atoms with Crippen LogP contribution in [-0.2, 0) is 57.6 Å². The summed E-state index contributed by atoms with van der Waals surface area (Å²) in [6, 6.07) is 8.37. The van der Waals surface area contributed by atoms with E-state index in [4.69, 9.17) is 22.9 Å². The topological polar surface area (TPSA) is 349 Å². The molecule has 0 aliphatic heterocycles. The molecular weight excluding hydrogens is 851 g/mol. The van der Waals surface area contributed by atoms with E-state index in [0.29, 0.717) is 35.9 Å². The third kappa shape index (κ3) is 15.7. The first-order valence-electron chi connectivity index (χ1n) is 21.8. The van der Waals surface area contributed by atoms with Crippen molar-refractivity contribution < 1.29 is 38.4 Å². The monoisotopic (exact) mass is 911 g/mol. The van der Waals surface area contributed by atoms with Crippen molar-refractivity contribution in [3.8, 4) is 0 Å². The van der Waals surface area contributed by atoms with Crippen molar-refractivity contribution in [1.29, 1.82) is 0 Å². The minimum Gasteiger partial charge on any atom is -0.370 e. The lowest BCUT2D eigenvalue weighted by molar-refractivity contribution is -0.153. The fraction of sp³-hybridized carbons (Fsp3) is 0.422. The lowest BCUT2D eigenvalue weighted by Gasteiger charge is -2.33. The van der Waals surface area contributed by atoms with E-state index in [1.807, 2.05) is 25.1 Å². The quantitative estimate of drug-likeness (QED) is 0.0159. The molecule has 21 nitrogen and oxygen atoms in total. The number of imide groups is 1. The predicted octanol–water partition coefficient (Wildman–Crippen LogP) is -0.363. The Balaban J connectivity index is 1.71. The number of aromatic amines is 2. The van der Waals surface area contributed by atoms with Crippen molar-refractivity contribution >= 4 is 64.5 Å². The Morgan fingerprint density at radius 1 is 0.773 bits per heavy atom. The van der Waals surface area contributed by atoms with Crippen LogP contribution in [0.4, 0.5) is 0 Å². The first kappa shape index (κ1) is 51.2. The second-order valence-corrected chi connectivity index (χ2v) is 15.9. The lowest BCUT2D eigenvalue weighted by Crippen LogP contribution is -2.61. The number of hydrogen-bond acceptors (Lipinski definition) is 11. The van der Waals surface area contributed by atoms with E-state index in [2.05, 4.69) is 41.2 Å². The zero-order chi connectivity index (χ0) is 48.2. The molecule has 0 spiro atoms. The van der Waals surface area contributed by atoms with Crippen LogP contribution in [0.3, 0.4) is 0 Å². The molecule has 0 saturated carbocycles. The van der Waals surface area contributed by atoms with Crippen LogP contribution in [-0.4, -0.2) is 116 Å². The number of unbranched alkanes of at least 4 members (excludes halogenated alkanes) is 1. The van der Waals surface area contributed by atoms with Crippen LogP contribution in [0.2, 0.25) is 0 Å². The van der Waals surface area contributed by atoms with E-state index in [1.54, 1.807) is 42.6 Å². The number of aldehydes is 1. The van der Waals surface area contributed by atoms with Gasteiger partial charge < -0.3 is 59.0 Å². The number of nitrogens with two attached hydrogens (primary N) is 4. The molecule has 0 bridgehead atoms. The summed E-state index contributed by atoms with van der Waals surface area (Å²) < 4.78 is 0. The highest BCUT2D eigenvalue weighted by Gasteiger charge is 2.39. The summed E-state index contributed by atoms with van der Waals surface area (Å²) >= 11 is 0. The molecular formula is C45H61N13O8. The first-order chi connectivity index (χ1) is 31.6. The molecule has 21 heteroatoms. The number of carbonyl (C=O) groups excluding carboxylic acids is 8. The molecule has 66 heavy (non-hydrogen) atoms. The van der Waals surface area contributed by atoms with Gasteiger partial charge in [0, 0.05) is 68.1 Å². The van der Waals surface area contributed by atoms with Gasteiger partial charge in [-0.25, -0.2) is 4.98 Å². The number of nitrogens with zero attached hydrogens (tertiary/aromatic N) is 3. The summed E-state index contributed by atoms with van der Waals surface area (Å²) in [7, 11) is 0. The van der Waals surface area contributed by atoms with Gasteiger partial charge in [-0.05, 0) is 42.9 Å². The van der Waals surface area contributed by atoms with Gasteiger partial charge >= 0.3 is 0 Å². The number of amides is 7. The fourth-order valence-electron chi connectivity index (χ4n) is 7.32. The van der Waals surface area contributed by atoms with Crippen LogP contribution in [0, 0.1) is 0 Å². The first-order valence-corrected chi connectivity index (χ1v) is 21.8. The summed E-state index contributed by atoms with van der Waals surface area (Å²) in [6.45, 7) is 3.02. The Bertz CT molecular complexity index is 2300. The van der Waals surface area contributed by atoms with Crippen molar-refractivity contribution in [1.82, 2.24) is 41.1 Å². The maximum Gasteiger partial charge on any atom is 0.252 e. The zero-order valence-corrected chi connectivity index (χ0v) is 37.2. The summed E-state index contributed by atoms with van der Waals surface area (Å²) in [5.41, 5.74) is 25.2. The van der Waals surface area contributed by atoms with E-state index in [1.165, 1.54) is 12.5 Å². The number of guanidine groups is 1. The van der Waals surface area contributed by atoms with Crippen molar-refractivity contribution in [2.24, 2.45) is 27.9 Å². The molecule has 0 saturated heterocycles. The van der Waals surface area contributed by atoms with Crippen molar-refractivity contribution in [2.45, 2.75) is 114 Å². The molecule has 2 aromatic heterocycles. The van der Waals surface area contributed by atoms with Crippen molar-refractivity contribution in [2.75, 3.05) is 6.54 Å². The highest BCUT2D eigenvalue weighted by Crippen LogP contribution is 2.22. The molecule has 0 unspecified atom stereocenters. The van der Waals surface area contributed by atoms with E-state index < -0.39 is 77.6 Å². The molecule has 6 atom stereocenters. The Morgan fingerprint density at radius 3 is 2.11 bits per heavy atom. The number of hydrogen-bond donors (Lipinski definition) is 10. The number of aliphatic imine (C=N–C) groups is 1. The molecule has 14 N–H and O–H groups in total. The van der Waals surface area contributed by atoms with Crippen LogP contribution < -0.4 is 44.2 Å². The summed E-state index contributed by atoms with van der Waals surface area (Å²) in [4.78, 5) is 123. The minimum absolute atomic E-state index is 0.00630. The molecule has 2 heterocycles. The molecule has 0 aliphatic carbocycles. The average Bonchev–Trinajstić information content (AvgIpc) is 3.96. The van der Waals surface area contributed by atoms with Gasteiger partial charge in [-0.3, -0.25) is 43.5 Å². The van der Waals surface area contributed by atoms with E-state index in [-0.39, 0.29) is 63.9 Å². The molecule has 0 radical (unpaired) electrons. The third-order valence-corrected chi connectivity index (χ3v) is 10.8. The summed E-state index contributed by atoms with van der Waals surface area (Å²) in [5.74, 6) is -5.70. The van der Waals surface area contributed by atoms with Gasteiger partial charge in [0.1, 0.15) is 30.5 Å². The SMILES string of the molecule is CCCC[C@@H](C(=O)N[C@H](C=O)CCC(N)=O)N(C(C)=O)C(=O)[C@@H](Cc1c[nH]c2ccccc12)NC(=O)[C@H](CCCN=C(N)N)NC(=O)[C@@H](Cc1ccccc1)NC(=O)[C@@H](N)Cc1cnc[nH]1. The Hall–Kier alpha value is -7.42. The second kappa shape index (κ2) is 25.8. The predicted molar refractivity (Wildman–Crippen MR) is 245 cm³/mol. The van der Waals surface area contributed by atoms with Gasteiger partial charge in [0.05, 0.1) is 18.4 Å². The number of carbonyl (C=O) groups is 8. The second-order valence-electron chi connectivity index (χ2n) is 15.9. The van der Waals surface area contributed by atoms with Gasteiger partial charge in [-0.1, -0.05) is 68.3 Å². The van der Waals surface area contributed by atoms with Crippen LogP contribution in [0.5, 0.6) is 0 Å². The molecule has 0 aliphatic rings. The molecule has 354 valence electrons.